The standard InChI is InChI=1S/C3H6O4S.K.H/c1-2-3-7-8(4,5)6;;/h2H,1,3H2,(H,4,5,6);;/q;+1;-1. The Kier molecular flexibility index (Phi) is 8.57. The van der Waals surface area contributed by atoms with Crippen molar-refractivity contribution in [3.8, 4) is 0 Å². The molecule has 0 bridgehead atoms. The van der Waals surface area contributed by atoms with E-state index < -0.39 is 10.4 Å². The molecular weight excluding hydrogens is 171 g/mol. The summed E-state index contributed by atoms with van der Waals surface area (Å²) < 4.78 is 31.0. The van der Waals surface area contributed by atoms with Gasteiger partial charge >= 0.3 is 61.8 Å². The molecule has 0 spiro atoms. The van der Waals surface area contributed by atoms with E-state index in [0.717, 1.165) is 0 Å². The Morgan fingerprint density at radius 1 is 1.78 bits per heavy atom. The maximum absolute atomic E-state index is 9.68. The maximum Gasteiger partial charge on any atom is 1.00 e. The fraction of sp³-hybridized carbons (Fsp3) is 0.333. The second kappa shape index (κ2) is 5.99. The Balaban J connectivity index is -0.000000245. The molecule has 0 heterocycles. The molecule has 9 heavy (non-hydrogen) atoms. The van der Waals surface area contributed by atoms with Crippen molar-refractivity contribution in [3.05, 3.63) is 12.7 Å². The van der Waals surface area contributed by atoms with E-state index in [2.05, 4.69) is 10.8 Å². The van der Waals surface area contributed by atoms with E-state index in [4.69, 9.17) is 4.55 Å². The van der Waals surface area contributed by atoms with Crippen molar-refractivity contribution in [2.24, 2.45) is 0 Å². The van der Waals surface area contributed by atoms with Gasteiger partial charge in [0, 0.05) is 0 Å². The summed E-state index contributed by atoms with van der Waals surface area (Å²) in [6.07, 6.45) is 1.22. The topological polar surface area (TPSA) is 63.6 Å². The quantitative estimate of drug-likeness (QED) is 0.286. The fourth-order valence-corrected chi connectivity index (χ4v) is 0.402. The van der Waals surface area contributed by atoms with Gasteiger partial charge in [-0.1, -0.05) is 6.08 Å². The van der Waals surface area contributed by atoms with Crippen LogP contribution in [0.15, 0.2) is 12.7 Å². The van der Waals surface area contributed by atoms with Gasteiger partial charge in [0.25, 0.3) is 0 Å². The van der Waals surface area contributed by atoms with Crippen molar-refractivity contribution in [2.45, 2.75) is 0 Å². The molecule has 0 saturated heterocycles. The van der Waals surface area contributed by atoms with E-state index in [1.807, 2.05) is 0 Å². The number of hydrogen-bond acceptors (Lipinski definition) is 3. The molecule has 4 nitrogen and oxygen atoms in total. The van der Waals surface area contributed by atoms with Crippen LogP contribution in [0.25, 0.3) is 0 Å². The third kappa shape index (κ3) is 12.4. The van der Waals surface area contributed by atoms with Gasteiger partial charge in [0.2, 0.25) is 0 Å². The van der Waals surface area contributed by atoms with Gasteiger partial charge in [0.1, 0.15) is 0 Å². The van der Waals surface area contributed by atoms with Crippen molar-refractivity contribution in [1.82, 2.24) is 0 Å². The van der Waals surface area contributed by atoms with Crippen LogP contribution in [0.1, 0.15) is 1.43 Å². The van der Waals surface area contributed by atoms with Crippen LogP contribution in [-0.2, 0) is 14.6 Å². The summed E-state index contributed by atoms with van der Waals surface area (Å²) in [5, 5.41) is 0. The van der Waals surface area contributed by atoms with Crippen LogP contribution in [0.2, 0.25) is 0 Å². The molecule has 0 aromatic carbocycles. The molecule has 0 aliphatic rings. The van der Waals surface area contributed by atoms with Gasteiger partial charge in [0.05, 0.1) is 6.61 Å². The first-order valence-electron chi connectivity index (χ1n) is 1.79. The molecule has 1 N–H and O–H groups in total. The molecule has 0 unspecified atom stereocenters. The summed E-state index contributed by atoms with van der Waals surface area (Å²) in [5.74, 6) is 0. The van der Waals surface area contributed by atoms with E-state index in [0.29, 0.717) is 0 Å². The smallest absolute Gasteiger partial charge is 1.00 e. The Morgan fingerprint density at radius 2 is 2.22 bits per heavy atom. The predicted octanol–water partition coefficient (Wildman–Crippen LogP) is -2.89. The molecule has 0 amide bonds. The molecule has 0 aromatic heterocycles. The fourth-order valence-electron chi connectivity index (χ4n) is 0.134. The van der Waals surface area contributed by atoms with Crippen molar-refractivity contribution in [3.63, 3.8) is 0 Å². The molecule has 6 heteroatoms. The van der Waals surface area contributed by atoms with Crippen molar-refractivity contribution >= 4 is 10.4 Å². The van der Waals surface area contributed by atoms with Gasteiger partial charge in [-0.2, -0.15) is 8.42 Å². The van der Waals surface area contributed by atoms with Crippen LogP contribution in [0.3, 0.4) is 0 Å². The van der Waals surface area contributed by atoms with Crippen LogP contribution in [0.4, 0.5) is 0 Å². The van der Waals surface area contributed by atoms with Crippen LogP contribution in [0.5, 0.6) is 0 Å². The monoisotopic (exact) mass is 178 g/mol. The molecule has 0 radical (unpaired) electrons. The SMILES string of the molecule is C=CCOS(=O)(=O)O.[H-].[K+]. The summed E-state index contributed by atoms with van der Waals surface area (Å²) in [6, 6.07) is 0. The summed E-state index contributed by atoms with van der Waals surface area (Å²) >= 11 is 0. The summed E-state index contributed by atoms with van der Waals surface area (Å²) in [5.41, 5.74) is 0. The van der Waals surface area contributed by atoms with Gasteiger partial charge in [-0.25, -0.2) is 4.18 Å². The first kappa shape index (κ1) is 12.9. The molecule has 0 fully saturated rings. The zero-order chi connectivity index (χ0) is 6.62. The zero-order valence-corrected chi connectivity index (χ0v) is 9.01. The molecule has 0 aliphatic heterocycles. The van der Waals surface area contributed by atoms with Gasteiger partial charge in [0.15, 0.2) is 0 Å². The first-order valence-corrected chi connectivity index (χ1v) is 3.15. The van der Waals surface area contributed by atoms with Gasteiger partial charge < -0.3 is 1.43 Å². The van der Waals surface area contributed by atoms with Crippen LogP contribution >= 0.6 is 0 Å². The molecule has 0 saturated carbocycles. The van der Waals surface area contributed by atoms with E-state index in [-0.39, 0.29) is 59.4 Å². The molecular formula is C3H7KO4S. The molecule has 0 aromatic rings. The van der Waals surface area contributed by atoms with Gasteiger partial charge in [-0.15, -0.1) is 6.58 Å². The minimum absolute atomic E-state index is 0. The third-order valence-corrected chi connectivity index (χ3v) is 0.769. The minimum atomic E-state index is -4.26. The Hall–Kier alpha value is 1.25. The van der Waals surface area contributed by atoms with Crippen molar-refractivity contribution in [1.29, 1.82) is 0 Å². The normalized spacial score (nSPS) is 9.89. The third-order valence-electron chi connectivity index (χ3n) is 0.335. The number of rotatable bonds is 3. The van der Waals surface area contributed by atoms with E-state index in [1.54, 1.807) is 0 Å². The second-order valence-electron chi connectivity index (χ2n) is 1.00. The zero-order valence-electron chi connectivity index (χ0n) is 6.07. The molecule has 0 atom stereocenters. The Labute approximate surface area is 98.1 Å². The summed E-state index contributed by atoms with van der Waals surface area (Å²) in [4.78, 5) is 0. The Morgan fingerprint density at radius 3 is 2.33 bits per heavy atom. The van der Waals surface area contributed by atoms with E-state index in [9.17, 15) is 8.42 Å². The first-order chi connectivity index (χ1) is 3.56. The minimum Gasteiger partial charge on any atom is -1.00 e. The summed E-state index contributed by atoms with van der Waals surface area (Å²) in [6.45, 7) is 2.97. The van der Waals surface area contributed by atoms with E-state index >= 15 is 0 Å². The maximum atomic E-state index is 9.68. The average molecular weight is 178 g/mol. The summed E-state index contributed by atoms with van der Waals surface area (Å²) in [7, 11) is -4.26. The predicted molar refractivity (Wildman–Crippen MR) is 28.8 cm³/mol. The van der Waals surface area contributed by atoms with Crippen LogP contribution in [-0.4, -0.2) is 19.6 Å². The Bertz CT molecular complexity index is 165. The van der Waals surface area contributed by atoms with Crippen LogP contribution < -0.4 is 51.4 Å². The van der Waals surface area contributed by atoms with Crippen molar-refractivity contribution < 1.29 is 70.0 Å². The van der Waals surface area contributed by atoms with Crippen LogP contribution in [0, 0.1) is 0 Å². The largest absolute Gasteiger partial charge is 1.00 e. The van der Waals surface area contributed by atoms with Crippen molar-refractivity contribution in [2.75, 3.05) is 6.61 Å². The molecule has 0 aliphatic carbocycles. The van der Waals surface area contributed by atoms with E-state index in [1.165, 1.54) is 6.08 Å². The molecule has 50 valence electrons. The van der Waals surface area contributed by atoms with Gasteiger partial charge in [-0.05, 0) is 0 Å². The average Bonchev–Trinajstić information content (AvgIpc) is 1.59. The second-order valence-corrected chi connectivity index (χ2v) is 2.09. The van der Waals surface area contributed by atoms with Gasteiger partial charge in [-0.3, -0.25) is 4.55 Å². The molecule has 0 rings (SSSR count). The number of hydrogen-bond donors (Lipinski definition) is 1.